The molecule has 1 aliphatic rings. The molecule has 3 rings (SSSR count). The van der Waals surface area contributed by atoms with E-state index in [1.807, 2.05) is 35.7 Å². The van der Waals surface area contributed by atoms with Gasteiger partial charge in [0.2, 0.25) is 5.91 Å². The van der Waals surface area contributed by atoms with E-state index in [1.54, 1.807) is 29.4 Å². The van der Waals surface area contributed by atoms with Gasteiger partial charge >= 0.3 is 0 Å². The minimum atomic E-state index is -3.11. The predicted molar refractivity (Wildman–Crippen MR) is 95.1 cm³/mol. The van der Waals surface area contributed by atoms with Crippen LogP contribution in [0.2, 0.25) is 0 Å². The van der Waals surface area contributed by atoms with E-state index in [0.717, 1.165) is 16.3 Å². The standard InChI is InChI=1S/C17H18N2O3S2/c1-19(16(20)9-13-7-8-24(21,22)12-13)10-15-11-23-17(18-15)14-5-3-2-4-6-14/h2-8,11,13H,9-10,12H2,1H3. The first-order chi connectivity index (χ1) is 11.4. The molecule has 1 atom stereocenters. The number of amides is 1. The van der Waals surface area contributed by atoms with Crippen molar-refractivity contribution in [3.63, 3.8) is 0 Å². The van der Waals surface area contributed by atoms with Gasteiger partial charge in [0.25, 0.3) is 0 Å². The Balaban J connectivity index is 1.59. The summed E-state index contributed by atoms with van der Waals surface area (Å²) in [6.45, 7) is 0.422. The average molecular weight is 362 g/mol. The van der Waals surface area contributed by atoms with Crippen molar-refractivity contribution in [2.75, 3.05) is 12.8 Å². The first-order valence-corrected chi connectivity index (χ1v) is 10.2. The highest BCUT2D eigenvalue weighted by Crippen LogP contribution is 2.24. The number of carbonyl (C=O) groups excluding carboxylic acids is 1. The molecular weight excluding hydrogens is 344 g/mol. The minimum absolute atomic E-state index is 0.0292. The van der Waals surface area contributed by atoms with E-state index in [2.05, 4.69) is 4.98 Å². The summed E-state index contributed by atoms with van der Waals surface area (Å²) in [6.07, 6.45) is 1.82. The summed E-state index contributed by atoms with van der Waals surface area (Å²) in [4.78, 5) is 18.4. The third kappa shape index (κ3) is 4.10. The fraction of sp³-hybridized carbons (Fsp3) is 0.294. The maximum atomic E-state index is 12.3. The number of carbonyl (C=O) groups is 1. The number of nitrogens with zero attached hydrogens (tertiary/aromatic N) is 2. The van der Waals surface area contributed by atoms with Crippen LogP contribution in [-0.2, 0) is 21.2 Å². The summed E-state index contributed by atoms with van der Waals surface area (Å²) in [7, 11) is -1.40. The smallest absolute Gasteiger partial charge is 0.223 e. The molecule has 2 aromatic rings. The van der Waals surface area contributed by atoms with Crippen molar-refractivity contribution in [2.24, 2.45) is 5.92 Å². The zero-order chi connectivity index (χ0) is 17.2. The number of sulfone groups is 1. The molecule has 0 bridgehead atoms. The first-order valence-electron chi connectivity index (χ1n) is 7.58. The number of hydrogen-bond acceptors (Lipinski definition) is 5. The fourth-order valence-corrected chi connectivity index (χ4v) is 4.79. The minimum Gasteiger partial charge on any atom is -0.340 e. The molecule has 1 unspecified atom stereocenters. The van der Waals surface area contributed by atoms with Crippen LogP contribution in [0.5, 0.6) is 0 Å². The molecule has 1 aromatic carbocycles. The molecule has 0 saturated heterocycles. The van der Waals surface area contributed by atoms with Gasteiger partial charge in [0.15, 0.2) is 9.84 Å². The molecule has 0 N–H and O–H groups in total. The van der Waals surface area contributed by atoms with Crippen LogP contribution < -0.4 is 0 Å². The van der Waals surface area contributed by atoms with Crippen molar-refractivity contribution >= 4 is 27.1 Å². The SMILES string of the molecule is CN(Cc1csc(-c2ccccc2)n1)C(=O)CC1C=CS(=O)(=O)C1. The highest BCUT2D eigenvalue weighted by molar-refractivity contribution is 7.94. The van der Waals surface area contributed by atoms with E-state index in [1.165, 1.54) is 5.41 Å². The van der Waals surface area contributed by atoms with Crippen molar-refractivity contribution < 1.29 is 13.2 Å². The lowest BCUT2D eigenvalue weighted by molar-refractivity contribution is -0.131. The maximum Gasteiger partial charge on any atom is 0.223 e. The summed E-state index contributed by atoms with van der Waals surface area (Å²) < 4.78 is 22.8. The molecule has 5 nitrogen and oxygen atoms in total. The second-order valence-electron chi connectivity index (χ2n) is 5.88. The van der Waals surface area contributed by atoms with Crippen molar-refractivity contribution in [2.45, 2.75) is 13.0 Å². The molecule has 0 spiro atoms. The van der Waals surface area contributed by atoms with Gasteiger partial charge in [-0.1, -0.05) is 36.4 Å². The zero-order valence-corrected chi connectivity index (χ0v) is 14.9. The number of thiazole rings is 1. The largest absolute Gasteiger partial charge is 0.340 e. The van der Waals surface area contributed by atoms with E-state index in [9.17, 15) is 13.2 Å². The summed E-state index contributed by atoms with van der Waals surface area (Å²) in [6, 6.07) is 9.90. The Morgan fingerprint density at radius 2 is 2.08 bits per heavy atom. The van der Waals surface area contributed by atoms with Gasteiger partial charge in [0, 0.05) is 35.7 Å². The van der Waals surface area contributed by atoms with E-state index < -0.39 is 9.84 Å². The monoisotopic (exact) mass is 362 g/mol. The molecule has 2 heterocycles. The van der Waals surface area contributed by atoms with Crippen molar-refractivity contribution in [1.82, 2.24) is 9.88 Å². The Bertz CT molecular complexity index is 857. The molecule has 1 aromatic heterocycles. The Morgan fingerprint density at radius 1 is 1.33 bits per heavy atom. The van der Waals surface area contributed by atoms with E-state index in [4.69, 9.17) is 0 Å². The van der Waals surface area contributed by atoms with Crippen LogP contribution in [0, 0.1) is 5.92 Å². The molecule has 0 aliphatic carbocycles. The van der Waals surface area contributed by atoms with Gasteiger partial charge in [0.05, 0.1) is 18.0 Å². The molecule has 126 valence electrons. The Kier molecular flexibility index (Phi) is 4.82. The first kappa shape index (κ1) is 16.9. The van der Waals surface area contributed by atoms with Crippen LogP contribution in [0.15, 0.2) is 47.2 Å². The highest BCUT2D eigenvalue weighted by Gasteiger charge is 2.25. The van der Waals surface area contributed by atoms with Gasteiger partial charge in [-0.3, -0.25) is 4.79 Å². The quantitative estimate of drug-likeness (QED) is 0.820. The van der Waals surface area contributed by atoms with Crippen molar-refractivity contribution in [3.8, 4) is 10.6 Å². The summed E-state index contributed by atoms with van der Waals surface area (Å²) >= 11 is 1.55. The average Bonchev–Trinajstić information content (AvgIpc) is 3.14. The fourth-order valence-electron chi connectivity index (χ4n) is 2.57. The molecule has 1 aliphatic heterocycles. The third-order valence-corrected chi connectivity index (χ3v) is 6.24. The van der Waals surface area contributed by atoms with E-state index in [-0.39, 0.29) is 24.0 Å². The molecule has 24 heavy (non-hydrogen) atoms. The topological polar surface area (TPSA) is 67.3 Å². The second kappa shape index (κ2) is 6.86. The van der Waals surface area contributed by atoms with Gasteiger partial charge in [0.1, 0.15) is 5.01 Å². The zero-order valence-electron chi connectivity index (χ0n) is 13.3. The Morgan fingerprint density at radius 3 is 2.75 bits per heavy atom. The van der Waals surface area contributed by atoms with Crippen molar-refractivity contribution in [3.05, 3.63) is 52.9 Å². The predicted octanol–water partition coefficient (Wildman–Crippen LogP) is 2.72. The molecule has 0 radical (unpaired) electrons. The van der Waals surface area contributed by atoms with Gasteiger partial charge in [-0.25, -0.2) is 13.4 Å². The third-order valence-electron chi connectivity index (χ3n) is 3.84. The van der Waals surface area contributed by atoms with Crippen LogP contribution >= 0.6 is 11.3 Å². The highest BCUT2D eigenvalue weighted by atomic mass is 32.2. The second-order valence-corrected chi connectivity index (χ2v) is 8.67. The number of benzene rings is 1. The molecule has 0 saturated carbocycles. The van der Waals surface area contributed by atoms with Gasteiger partial charge in [-0.05, 0) is 0 Å². The van der Waals surface area contributed by atoms with E-state index >= 15 is 0 Å². The van der Waals surface area contributed by atoms with Crippen LogP contribution in [0.4, 0.5) is 0 Å². The normalized spacial score (nSPS) is 18.6. The number of allylic oxidation sites excluding steroid dienone is 1. The molecular formula is C17H18N2O3S2. The lowest BCUT2D eigenvalue weighted by atomic mass is 10.1. The lowest BCUT2D eigenvalue weighted by Crippen LogP contribution is -2.28. The van der Waals surface area contributed by atoms with Gasteiger partial charge in [-0.2, -0.15) is 0 Å². The van der Waals surface area contributed by atoms with Crippen LogP contribution in [0.3, 0.4) is 0 Å². The van der Waals surface area contributed by atoms with E-state index in [0.29, 0.717) is 6.54 Å². The maximum absolute atomic E-state index is 12.3. The van der Waals surface area contributed by atoms with Crippen LogP contribution in [0.1, 0.15) is 12.1 Å². The number of aromatic nitrogens is 1. The van der Waals surface area contributed by atoms with Crippen LogP contribution in [0.25, 0.3) is 10.6 Å². The summed E-state index contributed by atoms with van der Waals surface area (Å²) in [5, 5.41) is 4.08. The van der Waals surface area contributed by atoms with Crippen LogP contribution in [-0.4, -0.2) is 37.0 Å². The molecule has 7 heteroatoms. The van der Waals surface area contributed by atoms with Crippen molar-refractivity contribution in [1.29, 1.82) is 0 Å². The van der Waals surface area contributed by atoms with Gasteiger partial charge in [-0.15, -0.1) is 11.3 Å². The molecule has 0 fully saturated rings. The molecule has 1 amide bonds. The lowest BCUT2D eigenvalue weighted by Gasteiger charge is -2.17. The van der Waals surface area contributed by atoms with Gasteiger partial charge < -0.3 is 4.90 Å². The Hall–Kier alpha value is -1.99. The summed E-state index contributed by atoms with van der Waals surface area (Å²) in [5.41, 5.74) is 1.90. The number of hydrogen-bond donors (Lipinski definition) is 0. The number of rotatable bonds is 5. The Labute approximate surface area is 145 Å². The summed E-state index contributed by atoms with van der Waals surface area (Å²) in [5.74, 6) is -0.266.